The van der Waals surface area contributed by atoms with E-state index in [2.05, 4.69) is 182 Å². The Kier molecular flexibility index (Phi) is 17.3. The second-order valence-corrected chi connectivity index (χ2v) is 19.8. The molecule has 4 heteroatoms. The number of hydrogen-bond acceptors (Lipinski definition) is 0. The van der Waals surface area contributed by atoms with Crippen LogP contribution in [0, 0.1) is 24.7 Å². The molecule has 0 radical (unpaired) electrons. The van der Waals surface area contributed by atoms with Crippen molar-refractivity contribution >= 4 is 80.2 Å². The van der Waals surface area contributed by atoms with Crippen molar-refractivity contribution in [1.82, 2.24) is 0 Å². The third-order valence-electron chi connectivity index (χ3n) is 10.9. The molecule has 0 heterocycles. The van der Waals surface area contributed by atoms with E-state index in [9.17, 15) is 0 Å². The first-order chi connectivity index (χ1) is 29.7. The van der Waals surface area contributed by atoms with Crippen molar-refractivity contribution in [3.05, 3.63) is 254 Å². The number of fused-ring (bicyclic) bond motifs is 6. The van der Waals surface area contributed by atoms with Crippen LogP contribution < -0.4 is 21.2 Å². The smallest absolute Gasteiger partial charge is 0.366 e. The Hall–Kier alpha value is -5.30. The van der Waals surface area contributed by atoms with Crippen LogP contribution in [0.3, 0.4) is 0 Å². The molecule has 306 valence electrons. The van der Waals surface area contributed by atoms with Crippen molar-refractivity contribution in [2.45, 2.75) is 0 Å². The summed E-state index contributed by atoms with van der Waals surface area (Å²) in [5.74, 6) is 4.87. The van der Waals surface area contributed by atoms with Gasteiger partial charge in [-0.3, -0.25) is 11.8 Å². The van der Waals surface area contributed by atoms with Crippen molar-refractivity contribution in [3.8, 4) is 11.8 Å². The van der Waals surface area contributed by atoms with Gasteiger partial charge in [0.2, 0.25) is 0 Å². The fourth-order valence-corrected chi connectivity index (χ4v) is 14.1. The van der Waals surface area contributed by atoms with Gasteiger partial charge in [0, 0.05) is 0 Å². The van der Waals surface area contributed by atoms with Crippen LogP contribution >= 0.6 is 15.8 Å². The van der Waals surface area contributed by atoms with Crippen LogP contribution in [0.15, 0.2) is 231 Å². The SMILES string of the molecule is [Au+].[Au+].[C-]#Cc1ccc2ccc3ccccc3c2c1.[C-]#Cc1ccc2ccc3ccccc3c2c1.c1ccc([PH+](CC[PH+](c2ccccc2)c2ccccc2)c2ccccc2)cc1. The summed E-state index contributed by atoms with van der Waals surface area (Å²) in [4.78, 5) is 0. The van der Waals surface area contributed by atoms with Gasteiger partial charge >= 0.3 is 44.8 Å². The zero-order valence-electron chi connectivity index (χ0n) is 34.0. The quantitative estimate of drug-likeness (QED) is 0.0491. The van der Waals surface area contributed by atoms with Crippen LogP contribution in [0.4, 0.5) is 0 Å². The van der Waals surface area contributed by atoms with Crippen LogP contribution in [0.5, 0.6) is 0 Å². The topological polar surface area (TPSA) is 0 Å². The first-order valence-electron chi connectivity index (χ1n) is 20.3. The Morgan fingerprint density at radius 3 is 0.855 bits per heavy atom. The van der Waals surface area contributed by atoms with Gasteiger partial charge in [-0.25, -0.2) is 0 Å². The molecule has 0 nitrogen and oxygen atoms in total. The first-order valence-corrected chi connectivity index (χ1v) is 23.7. The maximum absolute atomic E-state index is 7.18. The zero-order chi connectivity index (χ0) is 40.9. The summed E-state index contributed by atoms with van der Waals surface area (Å²) < 4.78 is 0. The zero-order valence-corrected chi connectivity index (χ0v) is 40.3. The molecule has 0 unspecified atom stereocenters. The van der Waals surface area contributed by atoms with E-state index in [4.69, 9.17) is 12.8 Å². The van der Waals surface area contributed by atoms with Gasteiger partial charge in [-0.1, -0.05) is 158 Å². The molecule has 0 N–H and O–H groups in total. The largest absolute Gasteiger partial charge is 1.00 e. The minimum Gasteiger partial charge on any atom is -0.366 e. The minimum absolute atomic E-state index is 0. The van der Waals surface area contributed by atoms with E-state index in [0.29, 0.717) is 0 Å². The molecule has 10 aromatic rings. The van der Waals surface area contributed by atoms with E-state index >= 15 is 0 Å². The number of benzene rings is 10. The fraction of sp³-hybridized carbons (Fsp3) is 0.0345. The molecule has 0 saturated heterocycles. The Morgan fingerprint density at radius 1 is 0.290 bits per heavy atom. The van der Waals surface area contributed by atoms with Crippen molar-refractivity contribution in [2.75, 3.05) is 12.3 Å². The Balaban J connectivity index is 0.000000162. The molecule has 0 aliphatic carbocycles. The second-order valence-electron chi connectivity index (χ2n) is 14.6. The van der Waals surface area contributed by atoms with Gasteiger partial charge in [0.25, 0.3) is 0 Å². The molecular formula is C58H44Au2P2+2. The summed E-state index contributed by atoms with van der Waals surface area (Å²) in [6, 6.07) is 81.6. The summed E-state index contributed by atoms with van der Waals surface area (Å²) in [5.41, 5.74) is 1.65. The summed E-state index contributed by atoms with van der Waals surface area (Å²) in [5, 5.41) is 15.8. The van der Waals surface area contributed by atoms with Gasteiger partial charge in [-0.05, 0) is 91.6 Å². The van der Waals surface area contributed by atoms with E-state index < -0.39 is 15.8 Å². The molecule has 0 aliphatic heterocycles. The number of rotatable bonds is 7. The minimum atomic E-state index is -0.783. The van der Waals surface area contributed by atoms with Crippen LogP contribution in [0.1, 0.15) is 11.1 Å². The maximum Gasteiger partial charge on any atom is 1.00 e. The molecule has 62 heavy (non-hydrogen) atoms. The Morgan fingerprint density at radius 2 is 0.548 bits per heavy atom. The van der Waals surface area contributed by atoms with Gasteiger partial charge in [-0.15, -0.1) is 35.4 Å². The van der Waals surface area contributed by atoms with E-state index in [1.54, 1.807) is 0 Å². The molecule has 10 rings (SSSR count). The summed E-state index contributed by atoms with van der Waals surface area (Å²) in [6.07, 6.45) is 16.9. The average molecular weight is 1200 g/mol. The fourth-order valence-electron chi connectivity index (χ4n) is 7.88. The molecule has 0 bridgehead atoms. The third kappa shape index (κ3) is 11.4. The summed E-state index contributed by atoms with van der Waals surface area (Å²) in [6.45, 7) is 0. The van der Waals surface area contributed by atoms with Crippen LogP contribution in [-0.4, -0.2) is 12.3 Å². The molecule has 0 amide bonds. The predicted molar refractivity (Wildman–Crippen MR) is 266 cm³/mol. The van der Waals surface area contributed by atoms with E-state index in [-0.39, 0.29) is 44.8 Å². The predicted octanol–water partition coefficient (Wildman–Crippen LogP) is 12.6. The number of hydrogen-bond donors (Lipinski definition) is 0. The van der Waals surface area contributed by atoms with Crippen LogP contribution in [0.25, 0.3) is 43.1 Å². The van der Waals surface area contributed by atoms with Crippen molar-refractivity contribution in [1.29, 1.82) is 0 Å². The van der Waals surface area contributed by atoms with Gasteiger partial charge in [0.1, 0.15) is 12.3 Å². The summed E-state index contributed by atoms with van der Waals surface area (Å²) >= 11 is 0. The third-order valence-corrected chi connectivity index (χ3v) is 17.0. The van der Waals surface area contributed by atoms with E-state index in [0.717, 1.165) is 11.1 Å². The normalized spacial score (nSPS) is 10.4. The van der Waals surface area contributed by atoms with E-state index in [1.165, 1.54) is 76.6 Å². The van der Waals surface area contributed by atoms with E-state index in [1.807, 2.05) is 60.7 Å². The van der Waals surface area contributed by atoms with Crippen molar-refractivity contribution < 1.29 is 44.8 Å². The van der Waals surface area contributed by atoms with Gasteiger partial charge in [0.05, 0.1) is 37.1 Å². The molecule has 0 saturated carbocycles. The van der Waals surface area contributed by atoms with Crippen molar-refractivity contribution in [2.24, 2.45) is 0 Å². The first kappa shape index (κ1) is 46.2. The molecular weight excluding hydrogens is 1150 g/mol. The van der Waals surface area contributed by atoms with Crippen LogP contribution in [-0.2, 0) is 44.8 Å². The molecule has 0 spiro atoms. The molecule has 0 aliphatic rings. The Bertz CT molecular complexity index is 2780. The molecule has 0 atom stereocenters. The second kappa shape index (κ2) is 23.2. The van der Waals surface area contributed by atoms with Gasteiger partial charge < -0.3 is 12.8 Å². The van der Waals surface area contributed by atoms with Gasteiger partial charge in [-0.2, -0.15) is 0 Å². The summed E-state index contributed by atoms with van der Waals surface area (Å²) in [7, 11) is -1.57. The molecule has 0 fully saturated rings. The Labute approximate surface area is 400 Å². The van der Waals surface area contributed by atoms with Gasteiger partial charge in [0.15, 0.2) is 0 Å². The van der Waals surface area contributed by atoms with Crippen molar-refractivity contribution in [3.63, 3.8) is 0 Å². The molecule has 10 aromatic carbocycles. The average Bonchev–Trinajstić information content (AvgIpc) is 3.34. The maximum atomic E-state index is 7.18. The standard InChI is InChI=1S/C26H24P2.2C16H9.2Au/c1-5-13-23(14-6-1)27(24-15-7-2-8-16-24)21-22-28(25-17-9-3-10-18-25)26-19-11-4-12-20-26;2*1-2-12-7-8-14-10-9-13-5-3-4-6-15(13)16(14)11-12;;/h1-20H,21-22H2;2*3-11H;;/q;2*-1;2*+1/p+2. The molecule has 0 aromatic heterocycles. The van der Waals surface area contributed by atoms with Crippen LogP contribution in [0.2, 0.25) is 0 Å². The monoisotopic (exact) mass is 1200 g/mol.